The van der Waals surface area contributed by atoms with Crippen molar-refractivity contribution in [3.63, 3.8) is 0 Å². The van der Waals surface area contributed by atoms with Crippen LogP contribution in [0.3, 0.4) is 0 Å². The number of hydrogen-bond acceptors (Lipinski definition) is 3. The van der Waals surface area contributed by atoms with Gasteiger partial charge in [0.1, 0.15) is 6.04 Å². The lowest BCUT2D eigenvalue weighted by Gasteiger charge is -2.45. The first-order valence-electron chi connectivity index (χ1n) is 6.37. The summed E-state index contributed by atoms with van der Waals surface area (Å²) in [5, 5.41) is 2.72. The third kappa shape index (κ3) is 2.44. The van der Waals surface area contributed by atoms with Crippen LogP contribution in [0.15, 0.2) is 0 Å². The predicted molar refractivity (Wildman–Crippen MR) is 62.4 cm³/mol. The van der Waals surface area contributed by atoms with E-state index in [9.17, 15) is 9.59 Å². The molecule has 1 unspecified atom stereocenters. The van der Waals surface area contributed by atoms with E-state index in [1.165, 1.54) is 0 Å². The maximum Gasteiger partial charge on any atom is 0.245 e. The summed E-state index contributed by atoms with van der Waals surface area (Å²) in [7, 11) is 0. The first kappa shape index (κ1) is 12.4. The number of hydrogen-bond donors (Lipinski definition) is 1. The van der Waals surface area contributed by atoms with Gasteiger partial charge in [-0.25, -0.2) is 0 Å². The molecule has 0 aromatic rings. The summed E-state index contributed by atoms with van der Waals surface area (Å²) in [5.41, 5.74) is 0. The first-order valence-corrected chi connectivity index (χ1v) is 6.37. The molecule has 5 heteroatoms. The number of nitrogens with one attached hydrogen (secondary N) is 1. The van der Waals surface area contributed by atoms with Gasteiger partial charge < -0.3 is 15.0 Å². The van der Waals surface area contributed by atoms with Gasteiger partial charge in [-0.2, -0.15) is 0 Å². The normalized spacial score (nSPS) is 33.3. The Morgan fingerprint density at radius 2 is 2.06 bits per heavy atom. The Bertz CT molecular complexity index is 313. The number of carbonyl (C=O) groups is 2. The summed E-state index contributed by atoms with van der Waals surface area (Å²) >= 11 is 0. The standard InChI is InChI=1S/C12H20N2O3/c1-3-10-12(16)14(7-11(15)13-10)8-5-9(6-8)17-4-2/h8-10H,3-7H2,1-2H3,(H,13,15). The van der Waals surface area contributed by atoms with Gasteiger partial charge in [-0.3, -0.25) is 9.59 Å². The van der Waals surface area contributed by atoms with Crippen LogP contribution >= 0.6 is 0 Å². The van der Waals surface area contributed by atoms with Crippen molar-refractivity contribution >= 4 is 11.8 Å². The minimum atomic E-state index is -0.331. The molecule has 96 valence electrons. The average molecular weight is 240 g/mol. The van der Waals surface area contributed by atoms with Gasteiger partial charge in [0, 0.05) is 12.6 Å². The molecule has 0 bridgehead atoms. The third-order valence-electron chi connectivity index (χ3n) is 3.55. The molecule has 2 amide bonds. The van der Waals surface area contributed by atoms with Gasteiger partial charge in [0.2, 0.25) is 11.8 Å². The van der Waals surface area contributed by atoms with Crippen LogP contribution in [0.25, 0.3) is 0 Å². The van der Waals surface area contributed by atoms with Gasteiger partial charge in [-0.05, 0) is 26.2 Å². The molecule has 5 nitrogen and oxygen atoms in total. The molecule has 1 aliphatic heterocycles. The fourth-order valence-corrected chi connectivity index (χ4v) is 2.48. The molecule has 0 aromatic carbocycles. The molecule has 1 saturated carbocycles. The zero-order chi connectivity index (χ0) is 12.4. The summed E-state index contributed by atoms with van der Waals surface area (Å²) in [6, 6.07) is -0.137. The molecule has 2 aliphatic rings. The topological polar surface area (TPSA) is 58.6 Å². The van der Waals surface area contributed by atoms with Gasteiger partial charge in [0.15, 0.2) is 0 Å². The Morgan fingerprint density at radius 3 is 2.65 bits per heavy atom. The van der Waals surface area contributed by atoms with E-state index in [-0.39, 0.29) is 36.5 Å². The number of ether oxygens (including phenoxy) is 1. The van der Waals surface area contributed by atoms with Crippen LogP contribution in [0, 0.1) is 0 Å². The number of nitrogens with zero attached hydrogens (tertiary/aromatic N) is 1. The predicted octanol–water partition coefficient (Wildman–Crippen LogP) is 0.291. The Labute approximate surface area is 101 Å². The van der Waals surface area contributed by atoms with Crippen molar-refractivity contribution < 1.29 is 14.3 Å². The Morgan fingerprint density at radius 1 is 1.35 bits per heavy atom. The van der Waals surface area contributed by atoms with Crippen LogP contribution in [-0.2, 0) is 14.3 Å². The quantitative estimate of drug-likeness (QED) is 0.768. The highest BCUT2D eigenvalue weighted by atomic mass is 16.5. The molecule has 0 radical (unpaired) electrons. The van der Waals surface area contributed by atoms with Crippen molar-refractivity contribution in [2.45, 2.75) is 51.3 Å². The molecular formula is C12H20N2O3. The highest BCUT2D eigenvalue weighted by molar-refractivity contribution is 5.95. The van der Waals surface area contributed by atoms with E-state index in [0.29, 0.717) is 13.0 Å². The summed E-state index contributed by atoms with van der Waals surface area (Å²) in [6.45, 7) is 4.80. The molecule has 0 aromatic heterocycles. The van der Waals surface area contributed by atoms with E-state index < -0.39 is 0 Å². The first-order chi connectivity index (χ1) is 8.15. The molecule has 2 rings (SSSR count). The van der Waals surface area contributed by atoms with E-state index in [4.69, 9.17) is 4.74 Å². The highest BCUT2D eigenvalue weighted by Gasteiger charge is 2.41. The second-order valence-electron chi connectivity index (χ2n) is 4.70. The van der Waals surface area contributed by atoms with E-state index in [2.05, 4.69) is 5.32 Å². The molecule has 0 spiro atoms. The highest BCUT2D eigenvalue weighted by Crippen LogP contribution is 2.29. The SMILES string of the molecule is CCOC1CC(N2CC(=O)NC(CC)C2=O)C1. The maximum atomic E-state index is 12.1. The smallest absolute Gasteiger partial charge is 0.245 e. The summed E-state index contributed by atoms with van der Waals surface area (Å²) < 4.78 is 5.48. The van der Waals surface area contributed by atoms with E-state index in [0.717, 1.165) is 12.8 Å². The molecular weight excluding hydrogens is 220 g/mol. The van der Waals surface area contributed by atoms with Crippen LogP contribution < -0.4 is 5.32 Å². The van der Waals surface area contributed by atoms with E-state index >= 15 is 0 Å². The number of rotatable bonds is 4. The lowest BCUT2D eigenvalue weighted by atomic mass is 9.86. The van der Waals surface area contributed by atoms with Gasteiger partial charge in [0.05, 0.1) is 12.6 Å². The minimum absolute atomic E-state index is 0.0451. The van der Waals surface area contributed by atoms with Gasteiger partial charge in [-0.1, -0.05) is 6.92 Å². The molecule has 1 N–H and O–H groups in total. The second kappa shape index (κ2) is 5.04. The van der Waals surface area contributed by atoms with Crippen molar-refractivity contribution in [1.82, 2.24) is 10.2 Å². The van der Waals surface area contributed by atoms with Crippen molar-refractivity contribution in [2.24, 2.45) is 0 Å². The fourth-order valence-electron chi connectivity index (χ4n) is 2.48. The van der Waals surface area contributed by atoms with Crippen molar-refractivity contribution in [3.8, 4) is 0 Å². The maximum absolute atomic E-state index is 12.1. The van der Waals surface area contributed by atoms with Gasteiger partial charge in [0.25, 0.3) is 0 Å². The zero-order valence-corrected chi connectivity index (χ0v) is 10.4. The molecule has 1 aliphatic carbocycles. The minimum Gasteiger partial charge on any atom is -0.378 e. The summed E-state index contributed by atoms with van der Waals surface area (Å²) in [5.74, 6) is 0.0170. The van der Waals surface area contributed by atoms with Crippen molar-refractivity contribution in [1.29, 1.82) is 0 Å². The lowest BCUT2D eigenvalue weighted by Crippen LogP contribution is -2.63. The Kier molecular flexibility index (Phi) is 3.66. The van der Waals surface area contributed by atoms with Gasteiger partial charge in [-0.15, -0.1) is 0 Å². The number of amides is 2. The van der Waals surface area contributed by atoms with Crippen LogP contribution in [0.4, 0.5) is 0 Å². The molecule has 17 heavy (non-hydrogen) atoms. The van der Waals surface area contributed by atoms with Crippen LogP contribution in [0.1, 0.15) is 33.1 Å². The van der Waals surface area contributed by atoms with Gasteiger partial charge >= 0.3 is 0 Å². The van der Waals surface area contributed by atoms with Crippen molar-refractivity contribution in [3.05, 3.63) is 0 Å². The van der Waals surface area contributed by atoms with Crippen LogP contribution in [0.5, 0.6) is 0 Å². The lowest BCUT2D eigenvalue weighted by molar-refractivity contribution is -0.152. The molecule has 1 heterocycles. The number of carbonyl (C=O) groups excluding carboxylic acids is 2. The fraction of sp³-hybridized carbons (Fsp3) is 0.833. The monoisotopic (exact) mass is 240 g/mol. The Balaban J connectivity index is 1.92. The number of piperazine rings is 1. The Hall–Kier alpha value is -1.10. The molecule has 2 fully saturated rings. The van der Waals surface area contributed by atoms with Crippen LogP contribution in [0.2, 0.25) is 0 Å². The van der Waals surface area contributed by atoms with Crippen molar-refractivity contribution in [2.75, 3.05) is 13.2 Å². The third-order valence-corrected chi connectivity index (χ3v) is 3.55. The molecule has 1 saturated heterocycles. The second-order valence-corrected chi connectivity index (χ2v) is 4.70. The zero-order valence-electron chi connectivity index (χ0n) is 10.4. The van der Waals surface area contributed by atoms with E-state index in [1.807, 2.05) is 13.8 Å². The average Bonchev–Trinajstić information content (AvgIpc) is 2.26. The van der Waals surface area contributed by atoms with Crippen LogP contribution in [-0.4, -0.2) is 48.1 Å². The summed E-state index contributed by atoms with van der Waals surface area (Å²) in [4.78, 5) is 25.3. The summed E-state index contributed by atoms with van der Waals surface area (Å²) in [6.07, 6.45) is 2.65. The largest absolute Gasteiger partial charge is 0.378 e. The molecule has 1 atom stereocenters. The van der Waals surface area contributed by atoms with E-state index in [1.54, 1.807) is 4.90 Å².